The van der Waals surface area contributed by atoms with Crippen molar-refractivity contribution < 1.29 is 14.7 Å². The van der Waals surface area contributed by atoms with E-state index in [1.807, 2.05) is 0 Å². The Balaban J connectivity index is 1.92. The molecule has 1 aliphatic heterocycles. The standard InChI is InChI=1S/C10H16N2O3/c13-9-7(2-1-5-11-9)12-8(10(14)15)6-3-4-6/h6-8,12H,1-5H2,(H,11,13)(H,14,15). The van der Waals surface area contributed by atoms with E-state index in [2.05, 4.69) is 10.6 Å². The maximum Gasteiger partial charge on any atom is 0.321 e. The number of carboxylic acids is 1. The number of piperidine rings is 1. The highest BCUT2D eigenvalue weighted by atomic mass is 16.4. The van der Waals surface area contributed by atoms with Crippen LogP contribution in [0.1, 0.15) is 25.7 Å². The van der Waals surface area contributed by atoms with Gasteiger partial charge in [-0.25, -0.2) is 0 Å². The van der Waals surface area contributed by atoms with Crippen LogP contribution in [0.25, 0.3) is 0 Å². The van der Waals surface area contributed by atoms with Gasteiger partial charge in [-0.15, -0.1) is 0 Å². The van der Waals surface area contributed by atoms with Crippen LogP contribution in [0, 0.1) is 5.92 Å². The Labute approximate surface area is 88.2 Å². The van der Waals surface area contributed by atoms with Crippen LogP contribution >= 0.6 is 0 Å². The van der Waals surface area contributed by atoms with Gasteiger partial charge in [0.25, 0.3) is 0 Å². The molecule has 1 heterocycles. The zero-order valence-corrected chi connectivity index (χ0v) is 8.53. The lowest BCUT2D eigenvalue weighted by atomic mass is 10.0. The van der Waals surface area contributed by atoms with Crippen molar-refractivity contribution in [1.29, 1.82) is 0 Å². The van der Waals surface area contributed by atoms with Crippen LogP contribution in [-0.4, -0.2) is 35.6 Å². The van der Waals surface area contributed by atoms with Crippen molar-refractivity contribution >= 4 is 11.9 Å². The molecule has 2 unspecified atom stereocenters. The maximum atomic E-state index is 11.4. The summed E-state index contributed by atoms with van der Waals surface area (Å²) < 4.78 is 0. The Hall–Kier alpha value is -1.10. The second-order valence-corrected chi connectivity index (χ2v) is 4.31. The highest BCUT2D eigenvalue weighted by Gasteiger charge is 2.38. The Kier molecular flexibility index (Phi) is 2.90. The first kappa shape index (κ1) is 10.4. The van der Waals surface area contributed by atoms with Gasteiger partial charge in [0.2, 0.25) is 5.91 Å². The lowest BCUT2D eigenvalue weighted by molar-refractivity contribution is -0.140. The molecule has 1 saturated carbocycles. The van der Waals surface area contributed by atoms with Crippen LogP contribution < -0.4 is 10.6 Å². The fourth-order valence-electron chi connectivity index (χ4n) is 1.99. The predicted octanol–water partition coefficient (Wildman–Crippen LogP) is -0.282. The first-order valence-corrected chi connectivity index (χ1v) is 5.45. The van der Waals surface area contributed by atoms with Gasteiger partial charge in [-0.05, 0) is 31.6 Å². The fourth-order valence-corrected chi connectivity index (χ4v) is 1.99. The van der Waals surface area contributed by atoms with Crippen LogP contribution in [0.15, 0.2) is 0 Å². The van der Waals surface area contributed by atoms with E-state index in [1.54, 1.807) is 0 Å². The minimum Gasteiger partial charge on any atom is -0.480 e. The van der Waals surface area contributed by atoms with Crippen molar-refractivity contribution in [3.63, 3.8) is 0 Å². The normalized spacial score (nSPS) is 28.3. The zero-order chi connectivity index (χ0) is 10.8. The van der Waals surface area contributed by atoms with Gasteiger partial charge in [0, 0.05) is 6.54 Å². The highest BCUT2D eigenvalue weighted by molar-refractivity contribution is 5.83. The number of hydrogen-bond donors (Lipinski definition) is 3. The summed E-state index contributed by atoms with van der Waals surface area (Å²) in [4.78, 5) is 22.4. The van der Waals surface area contributed by atoms with Gasteiger partial charge >= 0.3 is 5.97 Å². The molecule has 1 amide bonds. The van der Waals surface area contributed by atoms with Crippen molar-refractivity contribution in [1.82, 2.24) is 10.6 Å². The van der Waals surface area contributed by atoms with Gasteiger partial charge in [0.05, 0.1) is 6.04 Å². The summed E-state index contributed by atoms with van der Waals surface area (Å²) in [5, 5.41) is 14.7. The van der Waals surface area contributed by atoms with Crippen LogP contribution in [0.2, 0.25) is 0 Å². The van der Waals surface area contributed by atoms with Gasteiger partial charge in [0.1, 0.15) is 6.04 Å². The molecule has 1 aliphatic carbocycles. The van der Waals surface area contributed by atoms with E-state index in [-0.39, 0.29) is 17.9 Å². The summed E-state index contributed by atoms with van der Waals surface area (Å²) in [5.41, 5.74) is 0. The Morgan fingerprint density at radius 3 is 2.73 bits per heavy atom. The SMILES string of the molecule is O=C1NCCCC1NC(C(=O)O)C1CC1. The lowest BCUT2D eigenvalue weighted by Gasteiger charge is -2.26. The number of carbonyl (C=O) groups excluding carboxylic acids is 1. The topological polar surface area (TPSA) is 78.4 Å². The number of amides is 1. The monoisotopic (exact) mass is 212 g/mol. The van der Waals surface area contributed by atoms with Crippen LogP contribution in [0.4, 0.5) is 0 Å². The Bertz CT molecular complexity index is 276. The molecule has 2 atom stereocenters. The average Bonchev–Trinajstić information content (AvgIpc) is 2.99. The lowest BCUT2D eigenvalue weighted by Crippen LogP contribution is -2.54. The first-order valence-electron chi connectivity index (χ1n) is 5.45. The zero-order valence-electron chi connectivity index (χ0n) is 8.53. The quantitative estimate of drug-likeness (QED) is 0.599. The van der Waals surface area contributed by atoms with Crippen LogP contribution in [0.3, 0.4) is 0 Å². The van der Waals surface area contributed by atoms with Crippen LogP contribution in [-0.2, 0) is 9.59 Å². The van der Waals surface area contributed by atoms with Crippen molar-refractivity contribution in [3.8, 4) is 0 Å². The molecule has 0 aromatic carbocycles. The van der Waals surface area contributed by atoms with Crippen molar-refractivity contribution in [2.75, 3.05) is 6.54 Å². The second-order valence-electron chi connectivity index (χ2n) is 4.31. The third-order valence-electron chi connectivity index (χ3n) is 3.03. The summed E-state index contributed by atoms with van der Waals surface area (Å²) in [5.74, 6) is -0.679. The predicted molar refractivity (Wildman–Crippen MR) is 53.3 cm³/mol. The summed E-state index contributed by atoms with van der Waals surface area (Å²) in [7, 11) is 0. The van der Waals surface area contributed by atoms with Gasteiger partial charge in [-0.2, -0.15) is 0 Å². The minimum atomic E-state index is -0.837. The molecule has 0 aromatic rings. The summed E-state index contributed by atoms with van der Waals surface area (Å²) in [6.45, 7) is 0.707. The number of hydrogen-bond acceptors (Lipinski definition) is 3. The first-order chi connectivity index (χ1) is 7.18. The van der Waals surface area contributed by atoms with Crippen molar-refractivity contribution in [2.45, 2.75) is 37.8 Å². The Morgan fingerprint density at radius 1 is 1.47 bits per heavy atom. The molecule has 3 N–H and O–H groups in total. The molecule has 2 aliphatic rings. The summed E-state index contributed by atoms with van der Waals surface area (Å²) >= 11 is 0. The molecule has 15 heavy (non-hydrogen) atoms. The van der Waals surface area contributed by atoms with E-state index < -0.39 is 12.0 Å². The van der Waals surface area contributed by atoms with E-state index in [9.17, 15) is 9.59 Å². The maximum absolute atomic E-state index is 11.4. The van der Waals surface area contributed by atoms with Gasteiger partial charge in [-0.3, -0.25) is 14.9 Å². The van der Waals surface area contributed by atoms with Crippen molar-refractivity contribution in [3.05, 3.63) is 0 Å². The molecule has 1 saturated heterocycles. The van der Waals surface area contributed by atoms with E-state index in [0.29, 0.717) is 6.54 Å². The molecule has 2 rings (SSSR count). The number of nitrogens with one attached hydrogen (secondary N) is 2. The van der Waals surface area contributed by atoms with E-state index >= 15 is 0 Å². The molecule has 0 spiro atoms. The molecule has 5 nitrogen and oxygen atoms in total. The number of carbonyl (C=O) groups is 2. The number of aliphatic carboxylic acids is 1. The van der Waals surface area contributed by atoms with E-state index in [4.69, 9.17) is 5.11 Å². The molecule has 0 radical (unpaired) electrons. The molecule has 84 valence electrons. The number of rotatable bonds is 4. The molecule has 0 aromatic heterocycles. The summed E-state index contributed by atoms with van der Waals surface area (Å²) in [6, 6.07) is -0.862. The second kappa shape index (κ2) is 4.18. The number of carboxylic acid groups (broad SMARTS) is 1. The molecular weight excluding hydrogens is 196 g/mol. The van der Waals surface area contributed by atoms with Crippen LogP contribution in [0.5, 0.6) is 0 Å². The molecule has 2 fully saturated rings. The third kappa shape index (κ3) is 2.47. The molecule has 0 bridgehead atoms. The average molecular weight is 212 g/mol. The molecular formula is C10H16N2O3. The van der Waals surface area contributed by atoms with Gasteiger partial charge in [-0.1, -0.05) is 0 Å². The van der Waals surface area contributed by atoms with Gasteiger partial charge in [0.15, 0.2) is 0 Å². The Morgan fingerprint density at radius 2 is 2.20 bits per heavy atom. The highest BCUT2D eigenvalue weighted by Crippen LogP contribution is 2.33. The fraction of sp³-hybridized carbons (Fsp3) is 0.800. The third-order valence-corrected chi connectivity index (χ3v) is 3.03. The smallest absolute Gasteiger partial charge is 0.321 e. The summed E-state index contributed by atoms with van der Waals surface area (Å²) in [6.07, 6.45) is 3.57. The van der Waals surface area contributed by atoms with Gasteiger partial charge < -0.3 is 10.4 Å². The van der Waals surface area contributed by atoms with E-state index in [0.717, 1.165) is 25.7 Å². The largest absolute Gasteiger partial charge is 0.480 e. The molecule has 5 heteroatoms. The van der Waals surface area contributed by atoms with Crippen molar-refractivity contribution in [2.24, 2.45) is 5.92 Å². The van der Waals surface area contributed by atoms with E-state index in [1.165, 1.54) is 0 Å². The minimum absolute atomic E-state index is 0.0619.